The highest BCUT2D eigenvalue weighted by molar-refractivity contribution is 4.78. The van der Waals surface area contributed by atoms with Crippen molar-refractivity contribution in [3.8, 4) is 0 Å². The highest BCUT2D eigenvalue weighted by atomic mass is 15.2. The first kappa shape index (κ1) is 18.0. The van der Waals surface area contributed by atoms with Crippen LogP contribution in [0, 0.1) is 5.92 Å². The average Bonchev–Trinajstić information content (AvgIpc) is 2.45. The summed E-state index contributed by atoms with van der Waals surface area (Å²) in [4.78, 5) is 2.75. The van der Waals surface area contributed by atoms with Crippen LogP contribution in [0.15, 0.2) is 0 Å². The molecule has 1 saturated heterocycles. The van der Waals surface area contributed by atoms with Crippen LogP contribution in [0.1, 0.15) is 79.1 Å². The van der Waals surface area contributed by atoms with Crippen molar-refractivity contribution in [3.05, 3.63) is 0 Å². The van der Waals surface area contributed by atoms with Gasteiger partial charge in [-0.05, 0) is 45.2 Å². The number of nitrogens with zero attached hydrogens (tertiary/aromatic N) is 1. The monoisotopic (exact) mass is 282 g/mol. The van der Waals surface area contributed by atoms with Gasteiger partial charge in [-0.2, -0.15) is 0 Å². The Kier molecular flexibility index (Phi) is 9.54. The van der Waals surface area contributed by atoms with Crippen molar-refractivity contribution in [2.75, 3.05) is 19.6 Å². The second-order valence-corrected chi connectivity index (χ2v) is 7.12. The Labute approximate surface area is 127 Å². The molecule has 1 rings (SSSR count). The minimum absolute atomic E-state index is 0.626. The van der Waals surface area contributed by atoms with E-state index < -0.39 is 0 Å². The third-order valence-electron chi connectivity index (χ3n) is 4.71. The highest BCUT2D eigenvalue weighted by Gasteiger charge is 2.23. The maximum absolute atomic E-state index is 3.61. The number of nitrogens with one attached hydrogen (secondary N) is 1. The largest absolute Gasteiger partial charge is 0.314 e. The van der Waals surface area contributed by atoms with E-state index in [0.29, 0.717) is 6.04 Å². The fraction of sp³-hybridized carbons (Fsp3) is 1.00. The lowest BCUT2D eigenvalue weighted by Gasteiger charge is -2.37. The Hall–Kier alpha value is -0.0800. The SMILES string of the molecule is CCCCCCCC(C)N1CCCC(CNC(C)C)C1. The molecule has 2 atom stereocenters. The predicted octanol–water partition coefficient (Wildman–Crippen LogP) is 4.45. The molecule has 0 bridgehead atoms. The predicted molar refractivity (Wildman–Crippen MR) is 90.3 cm³/mol. The zero-order valence-electron chi connectivity index (χ0n) is 14.5. The van der Waals surface area contributed by atoms with Crippen LogP contribution in [0.4, 0.5) is 0 Å². The summed E-state index contributed by atoms with van der Waals surface area (Å²) < 4.78 is 0. The van der Waals surface area contributed by atoms with Gasteiger partial charge >= 0.3 is 0 Å². The first-order valence-electron chi connectivity index (χ1n) is 9.11. The van der Waals surface area contributed by atoms with Gasteiger partial charge in [-0.15, -0.1) is 0 Å². The van der Waals surface area contributed by atoms with Gasteiger partial charge < -0.3 is 10.2 Å². The van der Waals surface area contributed by atoms with Gasteiger partial charge in [0.15, 0.2) is 0 Å². The van der Waals surface area contributed by atoms with Crippen LogP contribution in [-0.4, -0.2) is 36.6 Å². The first-order chi connectivity index (χ1) is 9.63. The molecule has 2 nitrogen and oxygen atoms in total. The number of rotatable bonds is 10. The molecule has 0 aromatic heterocycles. The van der Waals surface area contributed by atoms with Crippen LogP contribution in [0.2, 0.25) is 0 Å². The van der Waals surface area contributed by atoms with E-state index >= 15 is 0 Å². The molecule has 1 aliphatic rings. The standard InChI is InChI=1S/C18H38N2/c1-5-6-7-8-9-11-17(4)20-13-10-12-18(15-20)14-19-16(2)3/h16-19H,5-15H2,1-4H3. The van der Waals surface area contributed by atoms with Crippen LogP contribution >= 0.6 is 0 Å². The molecule has 0 aromatic carbocycles. The zero-order valence-corrected chi connectivity index (χ0v) is 14.5. The Morgan fingerprint density at radius 2 is 1.85 bits per heavy atom. The topological polar surface area (TPSA) is 15.3 Å². The molecule has 1 N–H and O–H groups in total. The molecule has 1 fully saturated rings. The fourth-order valence-electron chi connectivity index (χ4n) is 3.29. The van der Waals surface area contributed by atoms with Crippen molar-refractivity contribution in [2.24, 2.45) is 5.92 Å². The molecule has 20 heavy (non-hydrogen) atoms. The normalized spacial score (nSPS) is 22.4. The molecule has 0 radical (unpaired) electrons. The Bertz CT molecular complexity index is 227. The van der Waals surface area contributed by atoms with Crippen LogP contribution in [0.5, 0.6) is 0 Å². The average molecular weight is 283 g/mol. The maximum Gasteiger partial charge on any atom is 0.00670 e. The van der Waals surface area contributed by atoms with E-state index in [-0.39, 0.29) is 0 Å². The number of likely N-dealkylation sites (tertiary alicyclic amines) is 1. The lowest BCUT2D eigenvalue weighted by Crippen LogP contribution is -2.44. The summed E-state index contributed by atoms with van der Waals surface area (Å²) in [7, 11) is 0. The molecular weight excluding hydrogens is 244 g/mol. The van der Waals surface area contributed by atoms with Crippen LogP contribution in [0.25, 0.3) is 0 Å². The summed E-state index contributed by atoms with van der Waals surface area (Å²) in [5.74, 6) is 0.869. The molecule has 0 aliphatic carbocycles. The quantitative estimate of drug-likeness (QED) is 0.596. The van der Waals surface area contributed by atoms with Crippen molar-refractivity contribution < 1.29 is 0 Å². The third kappa shape index (κ3) is 7.64. The minimum atomic E-state index is 0.626. The molecule has 2 unspecified atom stereocenters. The lowest BCUT2D eigenvalue weighted by atomic mass is 9.95. The fourth-order valence-corrected chi connectivity index (χ4v) is 3.29. The Morgan fingerprint density at radius 3 is 2.55 bits per heavy atom. The van der Waals surface area contributed by atoms with Crippen molar-refractivity contribution >= 4 is 0 Å². The van der Waals surface area contributed by atoms with Crippen molar-refractivity contribution in [3.63, 3.8) is 0 Å². The van der Waals surface area contributed by atoms with Gasteiger partial charge in [0, 0.05) is 18.6 Å². The molecule has 1 aliphatic heterocycles. The minimum Gasteiger partial charge on any atom is -0.314 e. The summed E-state index contributed by atoms with van der Waals surface area (Å²) in [5, 5.41) is 3.61. The molecule has 1 heterocycles. The van der Waals surface area contributed by atoms with Gasteiger partial charge in [0.05, 0.1) is 0 Å². The summed E-state index contributed by atoms with van der Waals surface area (Å²) in [5.41, 5.74) is 0. The number of piperidine rings is 1. The van der Waals surface area contributed by atoms with E-state index in [4.69, 9.17) is 0 Å². The molecule has 0 amide bonds. The van der Waals surface area contributed by atoms with E-state index in [1.165, 1.54) is 71.0 Å². The molecule has 0 aromatic rings. The highest BCUT2D eigenvalue weighted by Crippen LogP contribution is 2.20. The van der Waals surface area contributed by atoms with Gasteiger partial charge in [-0.3, -0.25) is 0 Å². The number of unbranched alkanes of at least 4 members (excludes halogenated alkanes) is 4. The third-order valence-corrected chi connectivity index (χ3v) is 4.71. The van der Waals surface area contributed by atoms with E-state index in [1.807, 2.05) is 0 Å². The molecular formula is C18H38N2. The second-order valence-electron chi connectivity index (χ2n) is 7.12. The van der Waals surface area contributed by atoms with Crippen molar-refractivity contribution in [1.82, 2.24) is 10.2 Å². The molecule has 120 valence electrons. The summed E-state index contributed by atoms with van der Waals surface area (Å²) in [6.45, 7) is 13.1. The van der Waals surface area contributed by atoms with Crippen LogP contribution in [0.3, 0.4) is 0 Å². The summed E-state index contributed by atoms with van der Waals surface area (Å²) in [6, 6.07) is 1.42. The molecule has 0 spiro atoms. The van der Waals surface area contributed by atoms with E-state index in [9.17, 15) is 0 Å². The Morgan fingerprint density at radius 1 is 1.10 bits per heavy atom. The Balaban J connectivity index is 2.17. The van der Waals surface area contributed by atoms with E-state index in [0.717, 1.165) is 12.0 Å². The summed E-state index contributed by atoms with van der Waals surface area (Å²) in [6.07, 6.45) is 11.3. The molecule has 0 saturated carbocycles. The van der Waals surface area contributed by atoms with Gasteiger partial charge in [-0.25, -0.2) is 0 Å². The van der Waals surface area contributed by atoms with Gasteiger partial charge in [0.2, 0.25) is 0 Å². The first-order valence-corrected chi connectivity index (χ1v) is 9.11. The van der Waals surface area contributed by atoms with Crippen molar-refractivity contribution in [2.45, 2.75) is 91.1 Å². The zero-order chi connectivity index (χ0) is 14.8. The van der Waals surface area contributed by atoms with Crippen LogP contribution < -0.4 is 5.32 Å². The summed E-state index contributed by atoms with van der Waals surface area (Å²) >= 11 is 0. The van der Waals surface area contributed by atoms with E-state index in [1.54, 1.807) is 0 Å². The van der Waals surface area contributed by atoms with Gasteiger partial charge in [0.25, 0.3) is 0 Å². The second kappa shape index (κ2) is 10.6. The lowest BCUT2D eigenvalue weighted by molar-refractivity contribution is 0.122. The van der Waals surface area contributed by atoms with Crippen molar-refractivity contribution in [1.29, 1.82) is 0 Å². The number of hydrogen-bond acceptors (Lipinski definition) is 2. The maximum atomic E-state index is 3.61. The van der Waals surface area contributed by atoms with Gasteiger partial charge in [0.1, 0.15) is 0 Å². The van der Waals surface area contributed by atoms with E-state index in [2.05, 4.69) is 37.9 Å². The smallest absolute Gasteiger partial charge is 0.00670 e. The van der Waals surface area contributed by atoms with Crippen LogP contribution in [-0.2, 0) is 0 Å². The number of hydrogen-bond donors (Lipinski definition) is 1. The van der Waals surface area contributed by atoms with Gasteiger partial charge in [-0.1, -0.05) is 52.9 Å². The molecule has 2 heteroatoms.